The number of hydrogen-bond acceptors (Lipinski definition) is 5. The first kappa shape index (κ1) is 16.1. The van der Waals surface area contributed by atoms with Crippen molar-refractivity contribution >= 4 is 15.7 Å². The van der Waals surface area contributed by atoms with Crippen LogP contribution < -0.4 is 14.4 Å². The molecular weight excluding hydrogens is 290 g/mol. The number of rotatable bonds is 5. The van der Waals surface area contributed by atoms with Gasteiger partial charge in [-0.3, -0.25) is 0 Å². The maximum absolute atomic E-state index is 12.4. The molecule has 0 radical (unpaired) electrons. The number of ether oxygens (including phenoxy) is 1. The van der Waals surface area contributed by atoms with Crippen LogP contribution in [0.5, 0.6) is 5.75 Å². The second kappa shape index (κ2) is 6.21. The van der Waals surface area contributed by atoms with E-state index in [2.05, 4.69) is 9.62 Å². The van der Waals surface area contributed by atoms with Gasteiger partial charge in [0.15, 0.2) is 0 Å². The Labute approximate surface area is 126 Å². The minimum absolute atomic E-state index is 0.287. The van der Waals surface area contributed by atoms with Crippen LogP contribution in [0.3, 0.4) is 0 Å². The van der Waals surface area contributed by atoms with Crippen LogP contribution in [0.4, 0.5) is 5.69 Å². The number of nitrogens with one attached hydrogen (secondary N) is 1. The average molecular weight is 313 g/mol. The Morgan fingerprint density at radius 1 is 1.38 bits per heavy atom. The number of nitrogens with zero attached hydrogens (tertiary/aromatic N) is 2. The Balaban J connectivity index is 2.27. The smallest absolute Gasteiger partial charge is 0.241 e. The number of likely N-dealkylation sites (N-methyl/N-ethyl adjacent to an activating group) is 2. The second-order valence-electron chi connectivity index (χ2n) is 5.56. The van der Waals surface area contributed by atoms with Crippen molar-refractivity contribution in [1.82, 2.24) is 9.62 Å². The topological polar surface area (TPSA) is 61.9 Å². The number of anilines is 1. The molecule has 0 aliphatic carbocycles. The minimum atomic E-state index is -3.51. The van der Waals surface area contributed by atoms with Crippen LogP contribution in [0.1, 0.15) is 5.56 Å². The van der Waals surface area contributed by atoms with Gasteiger partial charge in [-0.15, -0.1) is 0 Å². The highest BCUT2D eigenvalue weighted by atomic mass is 32.2. The van der Waals surface area contributed by atoms with Crippen molar-refractivity contribution in [2.45, 2.75) is 11.8 Å². The molecule has 0 bridgehead atoms. The average Bonchev–Trinajstić information content (AvgIpc) is 2.38. The maximum Gasteiger partial charge on any atom is 0.241 e. The molecule has 1 heterocycles. The largest absolute Gasteiger partial charge is 0.490 e. The Kier molecular flexibility index (Phi) is 4.75. The van der Waals surface area contributed by atoms with Crippen LogP contribution in [-0.2, 0) is 10.0 Å². The summed E-state index contributed by atoms with van der Waals surface area (Å²) in [6.07, 6.45) is 0. The molecule has 2 rings (SSSR count). The van der Waals surface area contributed by atoms with Gasteiger partial charge in [0.1, 0.15) is 12.4 Å². The second-order valence-corrected chi connectivity index (χ2v) is 7.29. The fourth-order valence-corrected chi connectivity index (χ4v) is 3.51. The van der Waals surface area contributed by atoms with Crippen LogP contribution in [0.25, 0.3) is 0 Å². The molecule has 1 aliphatic heterocycles. The summed E-state index contributed by atoms with van der Waals surface area (Å²) < 4.78 is 33.0. The predicted octanol–water partition coefficient (Wildman–Crippen LogP) is 0.664. The molecular formula is C14H23N3O3S. The van der Waals surface area contributed by atoms with Crippen LogP contribution >= 0.6 is 0 Å². The third-order valence-electron chi connectivity index (χ3n) is 3.49. The van der Waals surface area contributed by atoms with E-state index in [1.165, 1.54) is 0 Å². The van der Waals surface area contributed by atoms with Crippen molar-refractivity contribution in [2.75, 3.05) is 52.3 Å². The monoisotopic (exact) mass is 313 g/mol. The lowest BCUT2D eigenvalue weighted by Crippen LogP contribution is -2.32. The summed E-state index contributed by atoms with van der Waals surface area (Å²) in [7, 11) is 2.27. The number of benzene rings is 1. The highest BCUT2D eigenvalue weighted by molar-refractivity contribution is 7.89. The molecule has 1 aromatic rings. The zero-order chi connectivity index (χ0) is 15.6. The van der Waals surface area contributed by atoms with Gasteiger partial charge in [0.2, 0.25) is 10.0 Å². The Morgan fingerprint density at radius 2 is 2.10 bits per heavy atom. The lowest BCUT2D eigenvalue weighted by atomic mass is 10.2. The van der Waals surface area contributed by atoms with Gasteiger partial charge in [-0.25, -0.2) is 13.1 Å². The summed E-state index contributed by atoms with van der Waals surface area (Å²) in [4.78, 5) is 4.29. The van der Waals surface area contributed by atoms with Crippen molar-refractivity contribution in [1.29, 1.82) is 0 Å². The van der Waals surface area contributed by atoms with Crippen LogP contribution in [0, 0.1) is 6.92 Å². The fraction of sp³-hybridized carbons (Fsp3) is 0.571. The van der Waals surface area contributed by atoms with Crippen LogP contribution in [0.15, 0.2) is 17.0 Å². The van der Waals surface area contributed by atoms with Crippen molar-refractivity contribution in [2.24, 2.45) is 0 Å². The minimum Gasteiger partial charge on any atom is -0.490 e. The van der Waals surface area contributed by atoms with E-state index in [-0.39, 0.29) is 4.90 Å². The Morgan fingerprint density at radius 3 is 2.76 bits per heavy atom. The van der Waals surface area contributed by atoms with E-state index in [1.807, 2.05) is 39.0 Å². The van der Waals surface area contributed by atoms with Gasteiger partial charge in [0.25, 0.3) is 0 Å². The van der Waals surface area contributed by atoms with E-state index in [9.17, 15) is 8.42 Å². The molecule has 1 N–H and O–H groups in total. The highest BCUT2D eigenvalue weighted by Crippen LogP contribution is 2.35. The van der Waals surface area contributed by atoms with Gasteiger partial charge in [0, 0.05) is 26.2 Å². The zero-order valence-electron chi connectivity index (χ0n) is 13.0. The molecule has 0 amide bonds. The van der Waals surface area contributed by atoms with E-state index in [0.29, 0.717) is 25.4 Å². The Hall–Kier alpha value is -1.31. The predicted molar refractivity (Wildman–Crippen MR) is 83.7 cm³/mol. The van der Waals surface area contributed by atoms with Crippen molar-refractivity contribution in [3.8, 4) is 5.75 Å². The number of fused-ring (bicyclic) bond motifs is 1. The van der Waals surface area contributed by atoms with Gasteiger partial charge in [-0.1, -0.05) is 0 Å². The van der Waals surface area contributed by atoms with Gasteiger partial charge < -0.3 is 14.5 Å². The fourth-order valence-electron chi connectivity index (χ4n) is 2.25. The number of aryl methyl sites for hydroxylation is 1. The van der Waals surface area contributed by atoms with E-state index in [1.54, 1.807) is 6.07 Å². The third kappa shape index (κ3) is 3.66. The molecule has 1 aliphatic rings. The summed E-state index contributed by atoms with van der Waals surface area (Å²) in [6.45, 7) is 4.22. The van der Waals surface area contributed by atoms with Gasteiger partial charge in [0.05, 0.1) is 17.1 Å². The van der Waals surface area contributed by atoms with Crippen molar-refractivity contribution in [3.63, 3.8) is 0 Å². The molecule has 0 saturated heterocycles. The molecule has 1 aromatic carbocycles. The standard InChI is InChI=1S/C14H23N3O3S/c1-11-9-12-13(20-8-7-17(12)4)10-14(11)21(18,19)15-5-6-16(2)3/h9-10,15H,5-8H2,1-4H3. The highest BCUT2D eigenvalue weighted by Gasteiger charge is 2.23. The first-order chi connectivity index (χ1) is 9.81. The molecule has 21 heavy (non-hydrogen) atoms. The Bertz CT molecular complexity index is 614. The molecule has 0 aromatic heterocycles. The van der Waals surface area contributed by atoms with Gasteiger partial charge >= 0.3 is 0 Å². The van der Waals surface area contributed by atoms with E-state index in [4.69, 9.17) is 4.74 Å². The van der Waals surface area contributed by atoms with Gasteiger partial charge in [-0.05, 0) is 32.6 Å². The molecule has 0 unspecified atom stereocenters. The molecule has 118 valence electrons. The lowest BCUT2D eigenvalue weighted by Gasteiger charge is -2.28. The van der Waals surface area contributed by atoms with Crippen molar-refractivity contribution in [3.05, 3.63) is 17.7 Å². The third-order valence-corrected chi connectivity index (χ3v) is 5.10. The van der Waals surface area contributed by atoms with Gasteiger partial charge in [-0.2, -0.15) is 0 Å². The van der Waals surface area contributed by atoms with Crippen molar-refractivity contribution < 1.29 is 13.2 Å². The summed E-state index contributed by atoms with van der Waals surface area (Å²) >= 11 is 0. The SMILES string of the molecule is Cc1cc2c(cc1S(=O)(=O)NCCN(C)C)OCCN2C. The molecule has 0 atom stereocenters. The molecule has 0 fully saturated rings. The first-order valence-corrected chi connectivity index (χ1v) is 8.42. The first-order valence-electron chi connectivity index (χ1n) is 6.94. The van der Waals surface area contributed by atoms with Crippen LogP contribution in [0.2, 0.25) is 0 Å². The van der Waals surface area contributed by atoms with E-state index < -0.39 is 10.0 Å². The maximum atomic E-state index is 12.4. The number of hydrogen-bond donors (Lipinski definition) is 1. The summed E-state index contributed by atoms with van der Waals surface area (Å²) in [6, 6.07) is 3.49. The zero-order valence-corrected chi connectivity index (χ0v) is 13.8. The molecule has 6 nitrogen and oxygen atoms in total. The summed E-state index contributed by atoms with van der Waals surface area (Å²) in [5.41, 5.74) is 1.66. The summed E-state index contributed by atoms with van der Waals surface area (Å²) in [5, 5.41) is 0. The molecule has 0 spiro atoms. The number of sulfonamides is 1. The molecule has 0 saturated carbocycles. The van der Waals surface area contributed by atoms with Crippen LogP contribution in [-0.4, -0.2) is 60.7 Å². The normalized spacial score (nSPS) is 15.0. The van der Waals surface area contributed by atoms with E-state index in [0.717, 1.165) is 17.8 Å². The lowest BCUT2D eigenvalue weighted by molar-refractivity contribution is 0.310. The quantitative estimate of drug-likeness (QED) is 0.865. The summed E-state index contributed by atoms with van der Waals surface area (Å²) in [5.74, 6) is 0.627. The molecule has 7 heteroatoms. The van der Waals surface area contributed by atoms with E-state index >= 15 is 0 Å².